The van der Waals surface area contributed by atoms with Crippen molar-refractivity contribution >= 4 is 23.3 Å². The predicted molar refractivity (Wildman–Crippen MR) is 142 cm³/mol. The summed E-state index contributed by atoms with van der Waals surface area (Å²) in [5.74, 6) is 2.74. The Balaban J connectivity index is 1.29. The van der Waals surface area contributed by atoms with Crippen LogP contribution in [0.4, 0.5) is 5.69 Å². The lowest BCUT2D eigenvalue weighted by Crippen LogP contribution is -2.67. The SMILES string of the molecule is CC(=O)Nc1cccc(C(=O)NC(C)[C@H]2CC[C@H]3[C@@H]4CCN5C(C)C(=O)CC[C@]5(C)[C@H]4CC[C@]23C)c1. The van der Waals surface area contributed by atoms with Crippen molar-refractivity contribution in [2.75, 3.05) is 11.9 Å². The highest BCUT2D eigenvalue weighted by atomic mass is 16.2. The van der Waals surface area contributed by atoms with Gasteiger partial charge in [-0.1, -0.05) is 13.0 Å². The first-order valence-corrected chi connectivity index (χ1v) is 14.0. The van der Waals surface area contributed by atoms with Crippen molar-refractivity contribution in [2.24, 2.45) is 29.1 Å². The standard InChI is InChI=1S/C30H43N3O3/c1-18(31-28(36)21-7-6-8-22(17-21)32-20(3)34)24-9-10-25-23-13-16-33-19(2)27(35)12-15-30(33,5)26(23)11-14-29(24,25)4/h6-8,17-19,23-26H,9-16H2,1-5H3,(H,31,36)(H,32,34)/t18?,19?,23-,24+,25-,26-,29+,30+/m0/s1. The van der Waals surface area contributed by atoms with E-state index in [1.165, 1.54) is 32.6 Å². The maximum atomic E-state index is 13.1. The molecular weight excluding hydrogens is 450 g/mol. The Morgan fingerprint density at radius 3 is 2.61 bits per heavy atom. The number of Topliss-reactive ketones (excluding diaryl/α,β-unsaturated/α-hetero) is 1. The fourth-order valence-electron chi connectivity index (χ4n) is 9.14. The van der Waals surface area contributed by atoms with Crippen molar-refractivity contribution in [1.82, 2.24) is 10.2 Å². The number of carbonyl (C=O) groups excluding carboxylic acids is 3. The molecule has 4 aliphatic rings. The summed E-state index contributed by atoms with van der Waals surface area (Å²) in [6.07, 6.45) is 7.76. The quantitative estimate of drug-likeness (QED) is 0.616. The van der Waals surface area contributed by atoms with Crippen molar-refractivity contribution in [3.05, 3.63) is 29.8 Å². The number of anilines is 1. The predicted octanol–water partition coefficient (Wildman–Crippen LogP) is 5.04. The molecule has 1 aromatic carbocycles. The first kappa shape index (κ1) is 25.4. The van der Waals surface area contributed by atoms with Gasteiger partial charge in [0.15, 0.2) is 0 Å². The Morgan fingerprint density at radius 2 is 1.86 bits per heavy atom. The summed E-state index contributed by atoms with van der Waals surface area (Å²) in [5, 5.41) is 6.08. The molecule has 196 valence electrons. The van der Waals surface area contributed by atoms with Crippen LogP contribution in [0.2, 0.25) is 0 Å². The van der Waals surface area contributed by atoms with Gasteiger partial charge in [-0.2, -0.15) is 0 Å². The number of ketones is 1. The monoisotopic (exact) mass is 493 g/mol. The number of benzene rings is 1. The van der Waals surface area contributed by atoms with E-state index in [9.17, 15) is 14.4 Å². The van der Waals surface area contributed by atoms with Gasteiger partial charge in [0.25, 0.3) is 5.91 Å². The fraction of sp³-hybridized carbons (Fsp3) is 0.700. The zero-order chi connectivity index (χ0) is 25.8. The van der Waals surface area contributed by atoms with E-state index in [-0.39, 0.29) is 34.9 Å². The number of rotatable bonds is 4. The smallest absolute Gasteiger partial charge is 0.251 e. The lowest BCUT2D eigenvalue weighted by atomic mass is 9.51. The minimum Gasteiger partial charge on any atom is -0.349 e. The Kier molecular flexibility index (Phi) is 6.55. The maximum absolute atomic E-state index is 13.1. The lowest BCUT2D eigenvalue weighted by molar-refractivity contribution is -0.154. The molecule has 0 spiro atoms. The third kappa shape index (κ3) is 4.09. The first-order chi connectivity index (χ1) is 17.0. The van der Waals surface area contributed by atoms with Gasteiger partial charge in [0.2, 0.25) is 5.91 Å². The Hall–Kier alpha value is -2.21. The van der Waals surface area contributed by atoms with Crippen molar-refractivity contribution in [3.8, 4) is 0 Å². The third-order valence-corrected chi connectivity index (χ3v) is 10.9. The van der Waals surface area contributed by atoms with Crippen molar-refractivity contribution in [1.29, 1.82) is 0 Å². The highest BCUT2D eigenvalue weighted by Crippen LogP contribution is 2.64. The normalized spacial score (nSPS) is 38.9. The Bertz CT molecular complexity index is 1060. The second kappa shape index (κ2) is 9.27. The summed E-state index contributed by atoms with van der Waals surface area (Å²) >= 11 is 0. The summed E-state index contributed by atoms with van der Waals surface area (Å²) in [5.41, 5.74) is 1.61. The summed E-state index contributed by atoms with van der Waals surface area (Å²) in [4.78, 5) is 39.6. The van der Waals surface area contributed by atoms with Crippen LogP contribution in [-0.2, 0) is 9.59 Å². The molecule has 1 aromatic rings. The van der Waals surface area contributed by atoms with E-state index in [0.29, 0.717) is 40.7 Å². The Morgan fingerprint density at radius 1 is 1.08 bits per heavy atom. The van der Waals surface area contributed by atoms with Gasteiger partial charge in [-0.15, -0.1) is 0 Å². The molecule has 2 saturated carbocycles. The van der Waals surface area contributed by atoms with Gasteiger partial charge in [0, 0.05) is 36.2 Å². The molecule has 6 heteroatoms. The summed E-state index contributed by atoms with van der Waals surface area (Å²) < 4.78 is 0. The average molecular weight is 494 g/mol. The zero-order valence-electron chi connectivity index (χ0n) is 22.6. The van der Waals surface area contributed by atoms with Crippen LogP contribution >= 0.6 is 0 Å². The minimum atomic E-state index is -0.143. The number of amides is 2. The van der Waals surface area contributed by atoms with Crippen LogP contribution in [0.25, 0.3) is 0 Å². The second-order valence-corrected chi connectivity index (χ2v) is 12.6. The van der Waals surface area contributed by atoms with Gasteiger partial charge < -0.3 is 10.6 Å². The van der Waals surface area contributed by atoms with E-state index in [4.69, 9.17) is 0 Å². The van der Waals surface area contributed by atoms with E-state index in [1.807, 2.05) is 12.1 Å². The highest BCUT2D eigenvalue weighted by Gasteiger charge is 2.61. The Labute approximate surface area is 216 Å². The molecule has 2 aliphatic heterocycles. The molecule has 5 rings (SSSR count). The molecule has 36 heavy (non-hydrogen) atoms. The van der Waals surface area contributed by atoms with E-state index < -0.39 is 0 Å². The van der Waals surface area contributed by atoms with Gasteiger partial charge in [-0.25, -0.2) is 0 Å². The highest BCUT2D eigenvalue weighted by molar-refractivity contribution is 5.97. The van der Waals surface area contributed by atoms with E-state index in [0.717, 1.165) is 25.8 Å². The van der Waals surface area contributed by atoms with Gasteiger partial charge in [0.05, 0.1) is 6.04 Å². The maximum Gasteiger partial charge on any atom is 0.251 e. The number of nitrogens with one attached hydrogen (secondary N) is 2. The van der Waals surface area contributed by atoms with Crippen molar-refractivity contribution < 1.29 is 14.4 Å². The van der Waals surface area contributed by atoms with Crippen LogP contribution in [-0.4, -0.2) is 46.7 Å². The number of hydrogen-bond acceptors (Lipinski definition) is 4. The molecule has 2 saturated heterocycles. The van der Waals surface area contributed by atoms with Gasteiger partial charge in [-0.05, 0) is 113 Å². The van der Waals surface area contributed by atoms with E-state index >= 15 is 0 Å². The van der Waals surface area contributed by atoms with Gasteiger partial charge in [-0.3, -0.25) is 19.3 Å². The topological polar surface area (TPSA) is 78.5 Å². The van der Waals surface area contributed by atoms with Crippen LogP contribution in [0.1, 0.15) is 89.9 Å². The number of fused-ring (bicyclic) bond motifs is 5. The summed E-state index contributed by atoms with van der Waals surface area (Å²) in [7, 11) is 0. The number of hydrogen-bond donors (Lipinski definition) is 2. The average Bonchev–Trinajstić information content (AvgIpc) is 3.19. The van der Waals surface area contributed by atoms with Crippen molar-refractivity contribution in [2.45, 2.75) is 97.2 Å². The molecule has 4 fully saturated rings. The van der Waals surface area contributed by atoms with Crippen LogP contribution < -0.4 is 10.6 Å². The minimum absolute atomic E-state index is 0.0636. The summed E-state index contributed by atoms with van der Waals surface area (Å²) in [6, 6.07) is 7.33. The molecule has 0 radical (unpaired) electrons. The van der Waals surface area contributed by atoms with Crippen LogP contribution in [0.5, 0.6) is 0 Å². The van der Waals surface area contributed by atoms with E-state index in [1.54, 1.807) is 12.1 Å². The summed E-state index contributed by atoms with van der Waals surface area (Å²) in [6.45, 7) is 11.7. The molecule has 0 bridgehead atoms. The number of nitrogens with zero attached hydrogens (tertiary/aromatic N) is 1. The lowest BCUT2D eigenvalue weighted by Gasteiger charge is -2.63. The van der Waals surface area contributed by atoms with Gasteiger partial charge >= 0.3 is 0 Å². The molecule has 2 aliphatic carbocycles. The van der Waals surface area contributed by atoms with Crippen LogP contribution in [0.3, 0.4) is 0 Å². The molecule has 2 amide bonds. The largest absolute Gasteiger partial charge is 0.349 e. The van der Waals surface area contributed by atoms with Crippen LogP contribution in [0, 0.1) is 29.1 Å². The number of carbonyl (C=O) groups is 3. The third-order valence-electron chi connectivity index (χ3n) is 10.9. The first-order valence-electron chi connectivity index (χ1n) is 14.0. The van der Waals surface area contributed by atoms with Gasteiger partial charge in [0.1, 0.15) is 5.78 Å². The van der Waals surface area contributed by atoms with E-state index in [2.05, 4.69) is 43.2 Å². The van der Waals surface area contributed by atoms with Crippen molar-refractivity contribution in [3.63, 3.8) is 0 Å². The molecular formula is C30H43N3O3. The molecule has 2 unspecified atom stereocenters. The molecule has 6 nitrogen and oxygen atoms in total. The molecule has 0 aromatic heterocycles. The van der Waals surface area contributed by atoms with Crippen LogP contribution in [0.15, 0.2) is 24.3 Å². The zero-order valence-corrected chi connectivity index (χ0v) is 22.6. The fourth-order valence-corrected chi connectivity index (χ4v) is 9.14. The number of piperidine rings is 2. The molecule has 8 atom stereocenters. The second-order valence-electron chi connectivity index (χ2n) is 12.6. The molecule has 2 N–H and O–H groups in total. The molecule has 2 heterocycles.